The van der Waals surface area contributed by atoms with Crippen LogP contribution >= 0.6 is 11.8 Å². The summed E-state index contributed by atoms with van der Waals surface area (Å²) in [5.41, 5.74) is 1.56. The molecule has 0 heterocycles. The minimum Gasteiger partial charge on any atom is -0.478 e. The van der Waals surface area contributed by atoms with Crippen LogP contribution in [0, 0.1) is 18.8 Å². The molecule has 0 saturated heterocycles. The second-order valence-electron chi connectivity index (χ2n) is 8.41. The van der Waals surface area contributed by atoms with Crippen molar-refractivity contribution in [1.82, 2.24) is 0 Å². The molecule has 2 atom stereocenters. The summed E-state index contributed by atoms with van der Waals surface area (Å²) in [5.74, 6) is -0.0333. The molecule has 162 valence electrons. The fourth-order valence-electron chi connectivity index (χ4n) is 3.22. The number of hydrogen-bond acceptors (Lipinski definition) is 4. The Morgan fingerprint density at radius 3 is 2.27 bits per heavy atom. The van der Waals surface area contributed by atoms with Crippen molar-refractivity contribution in [2.45, 2.75) is 58.0 Å². The number of hydrogen-bond donors (Lipinski definition) is 1. The molecule has 0 saturated carbocycles. The minimum absolute atomic E-state index is 0.0507. The average Bonchev–Trinajstić information content (AvgIpc) is 2.72. The van der Waals surface area contributed by atoms with Crippen LogP contribution in [-0.4, -0.2) is 28.7 Å². The zero-order chi connectivity index (χ0) is 22.5. The predicted molar refractivity (Wildman–Crippen MR) is 123 cm³/mol. The molecule has 0 aromatic heterocycles. The Kier molecular flexibility index (Phi) is 8.13. The fourth-order valence-corrected chi connectivity index (χ4v) is 3.63. The summed E-state index contributed by atoms with van der Waals surface area (Å²) in [6.07, 6.45) is 3.78. The van der Waals surface area contributed by atoms with Gasteiger partial charge in [0.15, 0.2) is 11.4 Å². The molecule has 0 unspecified atom stereocenters. The summed E-state index contributed by atoms with van der Waals surface area (Å²) in [4.78, 5) is 25.2. The van der Waals surface area contributed by atoms with E-state index < -0.39 is 11.6 Å². The van der Waals surface area contributed by atoms with Gasteiger partial charge < -0.3 is 9.84 Å². The molecule has 0 radical (unpaired) electrons. The highest BCUT2D eigenvalue weighted by Crippen LogP contribution is 2.27. The number of rotatable bonds is 10. The lowest BCUT2D eigenvalue weighted by molar-refractivity contribution is -0.152. The van der Waals surface area contributed by atoms with Gasteiger partial charge in [0, 0.05) is 16.4 Å². The van der Waals surface area contributed by atoms with Crippen LogP contribution in [0.15, 0.2) is 47.4 Å². The lowest BCUT2D eigenvalue weighted by Crippen LogP contribution is -2.38. The van der Waals surface area contributed by atoms with Gasteiger partial charge in [-0.25, -0.2) is 4.79 Å². The largest absolute Gasteiger partial charge is 0.478 e. The van der Waals surface area contributed by atoms with Crippen molar-refractivity contribution >= 4 is 23.5 Å². The van der Waals surface area contributed by atoms with Crippen LogP contribution in [0.1, 0.15) is 55.6 Å². The third kappa shape index (κ3) is 6.11. The highest BCUT2D eigenvalue weighted by atomic mass is 32.2. The van der Waals surface area contributed by atoms with E-state index in [0.717, 1.165) is 34.4 Å². The second-order valence-corrected chi connectivity index (χ2v) is 9.29. The molecule has 0 aliphatic heterocycles. The Morgan fingerprint density at radius 1 is 1.10 bits per heavy atom. The van der Waals surface area contributed by atoms with E-state index in [1.807, 2.05) is 62.6 Å². The Morgan fingerprint density at radius 2 is 1.73 bits per heavy atom. The van der Waals surface area contributed by atoms with Crippen molar-refractivity contribution < 1.29 is 19.4 Å². The monoisotopic (exact) mass is 428 g/mol. The first kappa shape index (κ1) is 24.0. The van der Waals surface area contributed by atoms with Gasteiger partial charge in [-0.15, -0.1) is 11.8 Å². The number of thioether (sulfide) groups is 1. The van der Waals surface area contributed by atoms with E-state index in [2.05, 4.69) is 6.92 Å². The highest BCUT2D eigenvalue weighted by molar-refractivity contribution is 7.98. The maximum absolute atomic E-state index is 12.8. The third-order valence-corrected chi connectivity index (χ3v) is 6.39. The SMILES string of the molecule is CSc1ccc(C(=O)[C@H](C)[C@@H](C)CCc2ccc(OC(C)(C)C(=O)O)c(C)c2)cc1. The van der Waals surface area contributed by atoms with Gasteiger partial charge in [0.05, 0.1) is 0 Å². The molecule has 0 aliphatic carbocycles. The number of Topliss-reactive ketones (excluding diaryl/α,β-unsaturated/α-hetero) is 1. The van der Waals surface area contributed by atoms with E-state index in [-0.39, 0.29) is 17.6 Å². The number of aliphatic carboxylic acids is 1. The first-order valence-corrected chi connectivity index (χ1v) is 11.5. The zero-order valence-electron chi connectivity index (χ0n) is 18.7. The van der Waals surface area contributed by atoms with E-state index in [0.29, 0.717) is 5.75 Å². The number of aryl methyl sites for hydroxylation is 2. The van der Waals surface area contributed by atoms with Gasteiger partial charge in [0.25, 0.3) is 0 Å². The topological polar surface area (TPSA) is 63.6 Å². The van der Waals surface area contributed by atoms with Crippen LogP contribution in [0.4, 0.5) is 0 Å². The summed E-state index contributed by atoms with van der Waals surface area (Å²) in [6.45, 7) is 9.13. The number of carboxylic acid groups (broad SMARTS) is 1. The van der Waals surface area contributed by atoms with Gasteiger partial charge in [-0.05, 0) is 75.1 Å². The minimum atomic E-state index is -1.27. The Balaban J connectivity index is 1.97. The Bertz CT molecular complexity index is 887. The van der Waals surface area contributed by atoms with E-state index in [1.165, 1.54) is 13.8 Å². The first-order valence-electron chi connectivity index (χ1n) is 10.3. The number of ether oxygens (including phenoxy) is 1. The molecule has 0 fully saturated rings. The number of benzene rings is 2. The normalized spacial score (nSPS) is 13.5. The molecule has 0 bridgehead atoms. The van der Waals surface area contributed by atoms with Crippen molar-refractivity contribution in [3.05, 3.63) is 59.2 Å². The summed E-state index contributed by atoms with van der Waals surface area (Å²) >= 11 is 1.67. The van der Waals surface area contributed by atoms with Crippen molar-refractivity contribution in [3.63, 3.8) is 0 Å². The van der Waals surface area contributed by atoms with Crippen molar-refractivity contribution in [1.29, 1.82) is 0 Å². The van der Waals surface area contributed by atoms with Crippen LogP contribution < -0.4 is 4.74 Å². The van der Waals surface area contributed by atoms with Gasteiger partial charge in [-0.3, -0.25) is 4.79 Å². The van der Waals surface area contributed by atoms with Crippen LogP contribution in [0.25, 0.3) is 0 Å². The van der Waals surface area contributed by atoms with Gasteiger partial charge in [0.2, 0.25) is 0 Å². The van der Waals surface area contributed by atoms with Gasteiger partial charge in [0.1, 0.15) is 5.75 Å². The smallest absolute Gasteiger partial charge is 0.347 e. The molecule has 0 aliphatic rings. The molecule has 2 aromatic carbocycles. The standard InChI is InChI=1S/C25H32O4S/c1-16(18(3)23(26)20-10-12-21(30-6)13-11-20)7-8-19-9-14-22(17(2)15-19)29-25(4,5)24(27)28/h9-16,18H,7-8H2,1-6H3,(H,27,28)/t16-,18+/m0/s1. The number of carboxylic acids is 1. The van der Waals surface area contributed by atoms with E-state index >= 15 is 0 Å². The number of carbonyl (C=O) groups is 2. The van der Waals surface area contributed by atoms with Crippen LogP contribution in [0.2, 0.25) is 0 Å². The molecule has 5 heteroatoms. The molecular weight excluding hydrogens is 396 g/mol. The number of ketones is 1. The third-order valence-electron chi connectivity index (χ3n) is 5.65. The van der Waals surface area contributed by atoms with Gasteiger partial charge >= 0.3 is 5.97 Å². The van der Waals surface area contributed by atoms with Gasteiger partial charge in [-0.2, -0.15) is 0 Å². The molecule has 2 rings (SSSR count). The molecule has 30 heavy (non-hydrogen) atoms. The Labute approximate surface area is 184 Å². The maximum Gasteiger partial charge on any atom is 0.347 e. The highest BCUT2D eigenvalue weighted by Gasteiger charge is 2.30. The zero-order valence-corrected chi connectivity index (χ0v) is 19.5. The van der Waals surface area contributed by atoms with Crippen molar-refractivity contribution in [3.8, 4) is 5.75 Å². The summed E-state index contributed by atoms with van der Waals surface area (Å²) < 4.78 is 5.66. The second kappa shape index (κ2) is 10.2. The lowest BCUT2D eigenvalue weighted by atomic mass is 9.84. The Hall–Kier alpha value is -2.27. The van der Waals surface area contributed by atoms with Crippen molar-refractivity contribution in [2.75, 3.05) is 6.26 Å². The molecule has 2 aromatic rings. The summed E-state index contributed by atoms with van der Waals surface area (Å²) in [7, 11) is 0. The van der Waals surface area contributed by atoms with Crippen LogP contribution in [-0.2, 0) is 11.2 Å². The van der Waals surface area contributed by atoms with E-state index in [9.17, 15) is 14.7 Å². The molecule has 4 nitrogen and oxygen atoms in total. The molecule has 0 amide bonds. The maximum atomic E-state index is 12.8. The molecular formula is C25H32O4S. The van der Waals surface area contributed by atoms with Gasteiger partial charge in [-0.1, -0.05) is 38.1 Å². The lowest BCUT2D eigenvalue weighted by Gasteiger charge is -2.23. The quantitative estimate of drug-likeness (QED) is 0.369. The predicted octanol–water partition coefficient (Wildman–Crippen LogP) is 6.05. The molecule has 0 spiro atoms. The summed E-state index contributed by atoms with van der Waals surface area (Å²) in [6, 6.07) is 13.7. The van der Waals surface area contributed by atoms with E-state index in [1.54, 1.807) is 11.8 Å². The summed E-state index contributed by atoms with van der Waals surface area (Å²) in [5, 5.41) is 9.25. The van der Waals surface area contributed by atoms with Crippen LogP contribution in [0.5, 0.6) is 5.75 Å². The average molecular weight is 429 g/mol. The first-order chi connectivity index (χ1) is 14.0. The van der Waals surface area contributed by atoms with Crippen LogP contribution in [0.3, 0.4) is 0 Å². The van der Waals surface area contributed by atoms with Crippen molar-refractivity contribution in [2.24, 2.45) is 11.8 Å². The molecule has 1 N–H and O–H groups in total. The number of carbonyl (C=O) groups excluding carboxylic acids is 1. The fraction of sp³-hybridized carbons (Fsp3) is 0.440. The van der Waals surface area contributed by atoms with E-state index in [4.69, 9.17) is 4.74 Å².